The van der Waals surface area contributed by atoms with Crippen LogP contribution in [0.15, 0.2) is 16.8 Å². The second-order valence-corrected chi connectivity index (χ2v) is 12.1. The second-order valence-electron chi connectivity index (χ2n) is 12.1. The Balaban J connectivity index is 1.30. The van der Waals surface area contributed by atoms with Gasteiger partial charge in [0.2, 0.25) is 0 Å². The molecule has 4 aliphatic carbocycles. The molecule has 8 heteroatoms. The van der Waals surface area contributed by atoms with Crippen LogP contribution >= 0.6 is 0 Å². The van der Waals surface area contributed by atoms with Crippen LogP contribution in [0.25, 0.3) is 10.4 Å². The predicted molar refractivity (Wildman–Crippen MR) is 129 cm³/mol. The van der Waals surface area contributed by atoms with E-state index in [9.17, 15) is 9.59 Å². The van der Waals surface area contributed by atoms with E-state index < -0.39 is 30.5 Å². The molecule has 0 spiro atoms. The van der Waals surface area contributed by atoms with Gasteiger partial charge in [-0.1, -0.05) is 24.5 Å². The average Bonchev–Trinajstić information content (AvgIpc) is 3.13. The lowest BCUT2D eigenvalue weighted by atomic mass is 9.47. The van der Waals surface area contributed by atoms with Gasteiger partial charge in [-0.05, 0) is 92.1 Å². The minimum atomic E-state index is -0.599. The van der Waals surface area contributed by atoms with Gasteiger partial charge >= 0.3 is 5.97 Å². The van der Waals surface area contributed by atoms with E-state index >= 15 is 0 Å². The Morgan fingerprint density at radius 2 is 1.97 bits per heavy atom. The number of nitrogens with zero attached hydrogens (tertiary/aromatic N) is 3. The SMILES string of the molecule is CC(=O)O[C@H]1[C@H](C)O[C@H](O[C@H]2CC[C@H]3[C@@H]4CCC5=CC(=O)CC[C@]5(C)[C@H]4CC[C@]23C)C[C@H]1N=[N+]=[N-]. The zero-order chi connectivity index (χ0) is 25.0. The van der Waals surface area contributed by atoms with E-state index in [4.69, 9.17) is 19.7 Å². The smallest absolute Gasteiger partial charge is 0.303 e. The number of esters is 1. The summed E-state index contributed by atoms with van der Waals surface area (Å²) in [4.78, 5) is 26.6. The molecule has 0 radical (unpaired) electrons. The lowest BCUT2D eigenvalue weighted by Crippen LogP contribution is -2.53. The maximum Gasteiger partial charge on any atom is 0.303 e. The molecule has 1 heterocycles. The molecule has 1 aliphatic heterocycles. The number of fused-ring (bicyclic) bond motifs is 5. The third-order valence-corrected chi connectivity index (χ3v) is 10.3. The third-order valence-electron chi connectivity index (χ3n) is 10.3. The van der Waals surface area contributed by atoms with E-state index in [1.807, 2.05) is 13.0 Å². The van der Waals surface area contributed by atoms with Crippen LogP contribution in [0.5, 0.6) is 0 Å². The molecule has 5 aliphatic rings. The molecule has 1 saturated heterocycles. The highest BCUT2D eigenvalue weighted by atomic mass is 16.7. The minimum Gasteiger partial charge on any atom is -0.459 e. The number of azide groups is 1. The standard InChI is InChI=1S/C27H39N3O5/c1-15-25(34-16(2)31)22(29-30-28)14-24(33-15)35-23-8-7-20-19-6-5-17-13-18(32)9-11-26(17,3)21(19)10-12-27(20,23)4/h13,15,19-25H,5-12,14H2,1-4H3/t15-,19-,20-,21-,22+,23-,24+,25-,26-,27-/m0/s1. The van der Waals surface area contributed by atoms with E-state index in [2.05, 4.69) is 23.9 Å². The van der Waals surface area contributed by atoms with E-state index in [1.54, 1.807) is 0 Å². The monoisotopic (exact) mass is 485 g/mol. The minimum absolute atomic E-state index is 0.0938. The van der Waals surface area contributed by atoms with E-state index in [0.29, 0.717) is 36.4 Å². The highest BCUT2D eigenvalue weighted by molar-refractivity contribution is 5.91. The summed E-state index contributed by atoms with van der Waals surface area (Å²) in [7, 11) is 0. The number of carbonyl (C=O) groups is 2. The molecule has 10 atom stereocenters. The van der Waals surface area contributed by atoms with Gasteiger partial charge in [0, 0.05) is 24.7 Å². The average molecular weight is 486 g/mol. The molecule has 192 valence electrons. The first-order valence-corrected chi connectivity index (χ1v) is 13.4. The maximum atomic E-state index is 12.1. The molecule has 0 bridgehead atoms. The molecule has 8 nitrogen and oxygen atoms in total. The Hall–Kier alpha value is -1.89. The lowest BCUT2D eigenvalue weighted by Gasteiger charge is -2.58. The van der Waals surface area contributed by atoms with Crippen LogP contribution in [-0.2, 0) is 23.8 Å². The van der Waals surface area contributed by atoms with Crippen molar-refractivity contribution in [3.05, 3.63) is 22.1 Å². The maximum absolute atomic E-state index is 12.1. The molecule has 0 aromatic heterocycles. The summed E-state index contributed by atoms with van der Waals surface area (Å²) in [5, 5.41) is 3.91. The first-order chi connectivity index (χ1) is 16.7. The third kappa shape index (κ3) is 4.21. The van der Waals surface area contributed by atoms with E-state index in [1.165, 1.54) is 25.3 Å². The molecule has 0 aromatic rings. The predicted octanol–water partition coefficient (Wildman–Crippen LogP) is 5.65. The Kier molecular flexibility index (Phi) is 6.52. The molecule has 35 heavy (non-hydrogen) atoms. The van der Waals surface area contributed by atoms with Crippen molar-refractivity contribution >= 4 is 11.8 Å². The molecule has 0 N–H and O–H groups in total. The van der Waals surface area contributed by atoms with Gasteiger partial charge in [0.25, 0.3) is 0 Å². The summed E-state index contributed by atoms with van der Waals surface area (Å²) in [5.41, 5.74) is 10.7. The van der Waals surface area contributed by atoms with Crippen LogP contribution in [0.1, 0.15) is 85.5 Å². The van der Waals surface area contributed by atoms with Crippen molar-refractivity contribution in [1.82, 2.24) is 0 Å². The zero-order valence-electron chi connectivity index (χ0n) is 21.4. The van der Waals surface area contributed by atoms with Gasteiger partial charge in [-0.25, -0.2) is 0 Å². The van der Waals surface area contributed by atoms with Crippen LogP contribution in [0.3, 0.4) is 0 Å². The van der Waals surface area contributed by atoms with Gasteiger partial charge in [0.1, 0.15) is 6.10 Å². The first-order valence-electron chi connectivity index (χ1n) is 13.4. The normalized spacial score (nSPS) is 47.0. The van der Waals surface area contributed by atoms with Crippen molar-refractivity contribution in [2.45, 2.75) is 116 Å². The quantitative estimate of drug-likeness (QED) is 0.221. The van der Waals surface area contributed by atoms with Crippen molar-refractivity contribution in [3.8, 4) is 0 Å². The summed E-state index contributed by atoms with van der Waals surface area (Å²) >= 11 is 0. The van der Waals surface area contributed by atoms with Crippen molar-refractivity contribution in [2.24, 2.45) is 33.7 Å². The number of rotatable bonds is 4. The Labute approximate surface area is 207 Å². The number of hydrogen-bond donors (Lipinski definition) is 0. The van der Waals surface area contributed by atoms with Gasteiger partial charge in [-0.2, -0.15) is 0 Å². The summed E-state index contributed by atoms with van der Waals surface area (Å²) in [6.45, 7) is 8.02. The van der Waals surface area contributed by atoms with Crippen molar-refractivity contribution in [2.75, 3.05) is 0 Å². The number of ketones is 1. The fraction of sp³-hybridized carbons (Fsp3) is 0.852. The number of allylic oxidation sites excluding steroid dienone is 1. The van der Waals surface area contributed by atoms with Crippen LogP contribution in [0, 0.1) is 28.6 Å². The largest absolute Gasteiger partial charge is 0.459 e. The fourth-order valence-electron chi connectivity index (χ4n) is 8.57. The summed E-state index contributed by atoms with van der Waals surface area (Å²) in [6, 6.07) is -0.504. The first kappa shape index (κ1) is 24.8. The van der Waals surface area contributed by atoms with E-state index in [-0.39, 0.29) is 16.9 Å². The van der Waals surface area contributed by atoms with Gasteiger partial charge in [0.15, 0.2) is 12.1 Å². The Morgan fingerprint density at radius 3 is 2.71 bits per heavy atom. The van der Waals surface area contributed by atoms with Gasteiger partial charge in [-0.3, -0.25) is 9.59 Å². The summed E-state index contributed by atoms with van der Waals surface area (Å²) in [6.07, 6.45) is 9.35. The zero-order valence-corrected chi connectivity index (χ0v) is 21.4. The topological polar surface area (TPSA) is 111 Å². The number of hydrogen-bond acceptors (Lipinski definition) is 6. The molecular weight excluding hydrogens is 446 g/mol. The van der Waals surface area contributed by atoms with Gasteiger partial charge in [-0.15, -0.1) is 0 Å². The highest BCUT2D eigenvalue weighted by Crippen LogP contribution is 2.65. The lowest BCUT2D eigenvalue weighted by molar-refractivity contribution is -0.258. The van der Waals surface area contributed by atoms with Gasteiger partial charge in [0.05, 0.1) is 18.2 Å². The van der Waals surface area contributed by atoms with Gasteiger partial charge < -0.3 is 14.2 Å². The Bertz CT molecular complexity index is 960. The number of carbonyl (C=O) groups excluding carboxylic acids is 2. The van der Waals surface area contributed by atoms with Crippen molar-refractivity contribution in [3.63, 3.8) is 0 Å². The molecule has 0 unspecified atom stereocenters. The molecule has 0 amide bonds. The molecule has 5 rings (SSSR count). The Morgan fingerprint density at radius 1 is 1.17 bits per heavy atom. The van der Waals surface area contributed by atoms with Crippen molar-refractivity contribution in [1.29, 1.82) is 0 Å². The molecular formula is C27H39N3O5. The molecule has 4 fully saturated rings. The van der Waals surface area contributed by atoms with Crippen LogP contribution in [0.2, 0.25) is 0 Å². The van der Waals surface area contributed by atoms with E-state index in [0.717, 1.165) is 32.1 Å². The molecule has 0 aromatic carbocycles. The number of ether oxygens (including phenoxy) is 3. The van der Waals surface area contributed by atoms with Crippen LogP contribution < -0.4 is 0 Å². The highest BCUT2D eigenvalue weighted by Gasteiger charge is 2.60. The molecule has 3 saturated carbocycles. The van der Waals surface area contributed by atoms with Crippen LogP contribution in [-0.4, -0.2) is 42.4 Å². The fourth-order valence-corrected chi connectivity index (χ4v) is 8.57. The second kappa shape index (κ2) is 9.20. The van der Waals surface area contributed by atoms with Crippen molar-refractivity contribution < 1.29 is 23.8 Å². The van der Waals surface area contributed by atoms with Crippen LogP contribution in [0.4, 0.5) is 0 Å². The summed E-state index contributed by atoms with van der Waals surface area (Å²) < 4.78 is 18.2. The summed E-state index contributed by atoms with van der Waals surface area (Å²) in [5.74, 6) is 1.84.